The second-order valence-corrected chi connectivity index (χ2v) is 4.09. The second kappa shape index (κ2) is 7.25. The summed E-state index contributed by atoms with van der Waals surface area (Å²) < 4.78 is 10.7. The van der Waals surface area contributed by atoms with E-state index >= 15 is 0 Å². The summed E-state index contributed by atoms with van der Waals surface area (Å²) in [5, 5.41) is 3.36. The number of nitrogens with zero attached hydrogens (tertiary/aromatic N) is 1. The molecule has 0 amide bonds. The largest absolute Gasteiger partial charge is 0.472 e. The summed E-state index contributed by atoms with van der Waals surface area (Å²) >= 11 is 0. The monoisotopic (exact) mass is 238 g/mol. The maximum Gasteiger partial charge on any atom is 0.213 e. The van der Waals surface area contributed by atoms with Crippen LogP contribution in [0.4, 0.5) is 0 Å². The summed E-state index contributed by atoms with van der Waals surface area (Å²) in [6.45, 7) is 7.69. The lowest BCUT2D eigenvalue weighted by Gasteiger charge is -2.16. The molecule has 0 bridgehead atoms. The lowest BCUT2D eigenvalue weighted by molar-refractivity contribution is 0.0889. The van der Waals surface area contributed by atoms with E-state index in [1.165, 1.54) is 5.56 Å². The van der Waals surface area contributed by atoms with Gasteiger partial charge in [0.2, 0.25) is 5.88 Å². The Morgan fingerprint density at radius 1 is 1.41 bits per heavy atom. The van der Waals surface area contributed by atoms with E-state index in [0.717, 1.165) is 6.54 Å². The van der Waals surface area contributed by atoms with Crippen molar-refractivity contribution >= 4 is 0 Å². The van der Waals surface area contributed by atoms with Gasteiger partial charge in [-0.05, 0) is 32.0 Å². The predicted octanol–water partition coefficient (Wildman–Crippen LogP) is 2.17. The third kappa shape index (κ3) is 4.71. The topological polar surface area (TPSA) is 43.4 Å². The van der Waals surface area contributed by atoms with Gasteiger partial charge in [-0.2, -0.15) is 0 Å². The van der Waals surface area contributed by atoms with E-state index in [-0.39, 0.29) is 6.10 Å². The van der Waals surface area contributed by atoms with Gasteiger partial charge < -0.3 is 14.8 Å². The zero-order valence-corrected chi connectivity index (χ0v) is 11.1. The van der Waals surface area contributed by atoms with Crippen molar-refractivity contribution in [3.63, 3.8) is 0 Å². The third-order valence-corrected chi connectivity index (χ3v) is 2.49. The first-order valence-electron chi connectivity index (χ1n) is 6.02. The number of hydrogen-bond acceptors (Lipinski definition) is 4. The summed E-state index contributed by atoms with van der Waals surface area (Å²) in [5.74, 6) is 0.650. The van der Waals surface area contributed by atoms with Crippen molar-refractivity contribution in [3.05, 3.63) is 23.9 Å². The third-order valence-electron chi connectivity index (χ3n) is 2.49. The standard InChI is InChI=1S/C13H22N2O2/c1-5-14-11(3)12-6-7-15-13(8-12)17-10(2)9-16-4/h6-8,10-11,14H,5,9H2,1-4H3. The minimum atomic E-state index is 0.0113. The Labute approximate surface area is 103 Å². The first-order chi connectivity index (χ1) is 8.17. The van der Waals surface area contributed by atoms with Crippen LogP contribution in [0.15, 0.2) is 18.3 Å². The van der Waals surface area contributed by atoms with Crippen LogP contribution in [0, 0.1) is 0 Å². The van der Waals surface area contributed by atoms with Gasteiger partial charge in [0.05, 0.1) is 6.61 Å². The fourth-order valence-corrected chi connectivity index (χ4v) is 1.66. The van der Waals surface area contributed by atoms with Gasteiger partial charge in [0.25, 0.3) is 0 Å². The molecule has 1 rings (SSSR count). The van der Waals surface area contributed by atoms with E-state index in [1.54, 1.807) is 13.3 Å². The molecule has 1 aromatic rings. The van der Waals surface area contributed by atoms with E-state index in [1.807, 2.05) is 19.1 Å². The van der Waals surface area contributed by atoms with Crippen LogP contribution in [0.1, 0.15) is 32.4 Å². The molecular weight excluding hydrogens is 216 g/mol. The molecule has 2 atom stereocenters. The number of aromatic nitrogens is 1. The van der Waals surface area contributed by atoms with Crippen molar-refractivity contribution in [2.45, 2.75) is 32.9 Å². The predicted molar refractivity (Wildman–Crippen MR) is 68.3 cm³/mol. The average molecular weight is 238 g/mol. The SMILES string of the molecule is CCNC(C)c1ccnc(OC(C)COC)c1. The maximum absolute atomic E-state index is 5.66. The van der Waals surface area contributed by atoms with Crippen LogP contribution in [0.5, 0.6) is 5.88 Å². The van der Waals surface area contributed by atoms with Crippen molar-refractivity contribution in [1.82, 2.24) is 10.3 Å². The number of rotatable bonds is 7. The Bertz CT molecular complexity index is 331. The van der Waals surface area contributed by atoms with Crippen LogP contribution in [0.3, 0.4) is 0 Å². The van der Waals surface area contributed by atoms with Crippen LogP contribution < -0.4 is 10.1 Å². The Morgan fingerprint density at radius 3 is 2.82 bits per heavy atom. The molecule has 17 heavy (non-hydrogen) atoms. The number of methoxy groups -OCH3 is 1. The van der Waals surface area contributed by atoms with Gasteiger partial charge >= 0.3 is 0 Å². The molecule has 0 aliphatic rings. The molecule has 0 saturated carbocycles. The fourth-order valence-electron chi connectivity index (χ4n) is 1.66. The summed E-state index contributed by atoms with van der Waals surface area (Å²) in [6, 6.07) is 4.28. The number of ether oxygens (including phenoxy) is 2. The highest BCUT2D eigenvalue weighted by atomic mass is 16.5. The smallest absolute Gasteiger partial charge is 0.213 e. The summed E-state index contributed by atoms with van der Waals surface area (Å²) in [6.07, 6.45) is 1.79. The van der Waals surface area contributed by atoms with Crippen LogP contribution >= 0.6 is 0 Å². The first kappa shape index (κ1) is 13.9. The minimum Gasteiger partial charge on any atom is -0.472 e. The fraction of sp³-hybridized carbons (Fsp3) is 0.615. The molecule has 0 spiro atoms. The van der Waals surface area contributed by atoms with E-state index in [0.29, 0.717) is 18.5 Å². The highest BCUT2D eigenvalue weighted by Gasteiger charge is 2.08. The van der Waals surface area contributed by atoms with Crippen molar-refractivity contribution in [2.24, 2.45) is 0 Å². The highest BCUT2D eigenvalue weighted by molar-refractivity contribution is 5.23. The Kier molecular flexibility index (Phi) is 5.94. The lowest BCUT2D eigenvalue weighted by Crippen LogP contribution is -2.20. The van der Waals surface area contributed by atoms with E-state index in [2.05, 4.69) is 24.1 Å². The molecular formula is C13H22N2O2. The zero-order chi connectivity index (χ0) is 12.7. The number of nitrogens with one attached hydrogen (secondary N) is 1. The molecule has 1 heterocycles. The van der Waals surface area contributed by atoms with Crippen LogP contribution in [-0.2, 0) is 4.74 Å². The van der Waals surface area contributed by atoms with Gasteiger partial charge in [-0.25, -0.2) is 4.98 Å². The van der Waals surface area contributed by atoms with Crippen molar-refractivity contribution < 1.29 is 9.47 Å². The summed E-state index contributed by atoms with van der Waals surface area (Å²) in [5.41, 5.74) is 1.18. The molecule has 0 aliphatic carbocycles. The van der Waals surface area contributed by atoms with Crippen molar-refractivity contribution in [3.8, 4) is 5.88 Å². The summed E-state index contributed by atoms with van der Waals surface area (Å²) in [4.78, 5) is 4.20. The summed E-state index contributed by atoms with van der Waals surface area (Å²) in [7, 11) is 1.66. The van der Waals surface area contributed by atoms with Gasteiger partial charge in [-0.3, -0.25) is 0 Å². The quantitative estimate of drug-likeness (QED) is 0.790. The van der Waals surface area contributed by atoms with E-state index in [4.69, 9.17) is 9.47 Å². The van der Waals surface area contributed by atoms with Crippen molar-refractivity contribution in [1.29, 1.82) is 0 Å². The van der Waals surface area contributed by atoms with Gasteiger partial charge in [0.1, 0.15) is 6.10 Å². The molecule has 4 heteroatoms. The Hall–Kier alpha value is -1.13. The van der Waals surface area contributed by atoms with Gasteiger partial charge in [0, 0.05) is 25.4 Å². The van der Waals surface area contributed by atoms with Gasteiger partial charge in [-0.15, -0.1) is 0 Å². The van der Waals surface area contributed by atoms with Gasteiger partial charge in [-0.1, -0.05) is 6.92 Å². The zero-order valence-electron chi connectivity index (χ0n) is 11.1. The van der Waals surface area contributed by atoms with Crippen LogP contribution in [0.25, 0.3) is 0 Å². The minimum absolute atomic E-state index is 0.0113. The molecule has 0 saturated heterocycles. The highest BCUT2D eigenvalue weighted by Crippen LogP contribution is 2.17. The first-order valence-corrected chi connectivity index (χ1v) is 6.02. The van der Waals surface area contributed by atoms with E-state index < -0.39 is 0 Å². The molecule has 1 N–H and O–H groups in total. The Balaban J connectivity index is 2.65. The lowest BCUT2D eigenvalue weighted by atomic mass is 10.1. The molecule has 0 radical (unpaired) electrons. The molecule has 0 fully saturated rings. The number of pyridine rings is 1. The van der Waals surface area contributed by atoms with Crippen molar-refractivity contribution in [2.75, 3.05) is 20.3 Å². The average Bonchev–Trinajstić information content (AvgIpc) is 2.30. The van der Waals surface area contributed by atoms with E-state index in [9.17, 15) is 0 Å². The molecule has 1 aromatic heterocycles. The molecule has 0 aromatic carbocycles. The van der Waals surface area contributed by atoms with Crippen LogP contribution in [0.2, 0.25) is 0 Å². The van der Waals surface area contributed by atoms with Crippen LogP contribution in [-0.4, -0.2) is 31.3 Å². The van der Waals surface area contributed by atoms with Gasteiger partial charge in [0.15, 0.2) is 0 Å². The molecule has 0 aliphatic heterocycles. The second-order valence-electron chi connectivity index (χ2n) is 4.09. The Morgan fingerprint density at radius 2 is 2.18 bits per heavy atom. The normalized spacial score (nSPS) is 14.4. The molecule has 4 nitrogen and oxygen atoms in total. The maximum atomic E-state index is 5.66. The molecule has 96 valence electrons. The number of hydrogen-bond donors (Lipinski definition) is 1. The molecule has 2 unspecified atom stereocenters.